The number of carbonyl (C=O) groups excluding carboxylic acids is 1. The lowest BCUT2D eigenvalue weighted by Gasteiger charge is -2.03. The highest BCUT2D eigenvalue weighted by Crippen LogP contribution is 2.20. The molecule has 2 aromatic heterocycles. The van der Waals surface area contributed by atoms with Crippen LogP contribution in [0.15, 0.2) is 54.9 Å². The molecule has 2 heterocycles. The van der Waals surface area contributed by atoms with E-state index < -0.39 is 0 Å². The Morgan fingerprint density at radius 3 is 2.77 bits per heavy atom. The highest BCUT2D eigenvalue weighted by molar-refractivity contribution is 7.15. The zero-order valence-corrected chi connectivity index (χ0v) is 15.2. The number of rotatable bonds is 5. The number of anilines is 1. The Morgan fingerprint density at radius 1 is 1.12 bits per heavy atom. The number of imidazole rings is 1. The van der Waals surface area contributed by atoms with Crippen LogP contribution in [0.25, 0.3) is 11.0 Å². The van der Waals surface area contributed by atoms with Crippen molar-refractivity contribution in [2.75, 3.05) is 5.32 Å². The Bertz CT molecular complexity index is 1060. The quantitative estimate of drug-likeness (QED) is 0.569. The van der Waals surface area contributed by atoms with Gasteiger partial charge in [-0.2, -0.15) is 0 Å². The van der Waals surface area contributed by atoms with Crippen molar-refractivity contribution >= 4 is 45.0 Å². The van der Waals surface area contributed by atoms with Crippen LogP contribution >= 0.6 is 22.9 Å². The summed E-state index contributed by atoms with van der Waals surface area (Å²) in [5.41, 5.74) is 2.87. The SMILES string of the molecule is O=C(Cn1cnc2ccccc21)Nc1nnc(Cc2ccc(Cl)cc2)s1. The van der Waals surface area contributed by atoms with Crippen LogP contribution in [0.2, 0.25) is 5.02 Å². The Hall–Kier alpha value is -2.77. The maximum Gasteiger partial charge on any atom is 0.246 e. The smallest absolute Gasteiger partial charge is 0.246 e. The summed E-state index contributed by atoms with van der Waals surface area (Å²) in [5, 5.41) is 13.0. The molecule has 0 saturated carbocycles. The molecule has 26 heavy (non-hydrogen) atoms. The van der Waals surface area contributed by atoms with Crippen molar-refractivity contribution in [3.63, 3.8) is 0 Å². The molecule has 6 nitrogen and oxygen atoms in total. The first-order chi connectivity index (χ1) is 12.7. The van der Waals surface area contributed by atoms with E-state index in [1.54, 1.807) is 10.9 Å². The number of nitrogens with zero attached hydrogens (tertiary/aromatic N) is 4. The minimum Gasteiger partial charge on any atom is -0.321 e. The number of halogens is 1. The molecule has 0 spiro atoms. The molecular weight excluding hydrogens is 370 g/mol. The van der Waals surface area contributed by atoms with Gasteiger partial charge in [0.05, 0.1) is 17.4 Å². The molecule has 1 N–H and O–H groups in total. The lowest BCUT2D eigenvalue weighted by Crippen LogP contribution is -2.18. The maximum absolute atomic E-state index is 12.3. The lowest BCUT2D eigenvalue weighted by atomic mass is 10.2. The third-order valence-electron chi connectivity index (χ3n) is 3.82. The van der Waals surface area contributed by atoms with E-state index in [1.807, 2.05) is 48.5 Å². The minimum absolute atomic E-state index is 0.164. The summed E-state index contributed by atoms with van der Waals surface area (Å²) in [4.78, 5) is 16.6. The van der Waals surface area contributed by atoms with Gasteiger partial charge in [-0.15, -0.1) is 10.2 Å². The Kier molecular flexibility index (Phi) is 4.64. The summed E-state index contributed by atoms with van der Waals surface area (Å²) in [6.45, 7) is 0.173. The van der Waals surface area contributed by atoms with Crippen LogP contribution in [0, 0.1) is 0 Å². The number of para-hydroxylation sites is 2. The van der Waals surface area contributed by atoms with Gasteiger partial charge in [-0.05, 0) is 29.8 Å². The molecule has 2 aromatic carbocycles. The van der Waals surface area contributed by atoms with Gasteiger partial charge in [0.1, 0.15) is 11.6 Å². The highest BCUT2D eigenvalue weighted by Gasteiger charge is 2.11. The number of carbonyl (C=O) groups is 1. The minimum atomic E-state index is -0.164. The monoisotopic (exact) mass is 383 g/mol. The van der Waals surface area contributed by atoms with Crippen LogP contribution in [0.5, 0.6) is 0 Å². The van der Waals surface area contributed by atoms with Crippen molar-refractivity contribution in [3.05, 3.63) is 70.5 Å². The van der Waals surface area contributed by atoms with E-state index in [-0.39, 0.29) is 12.5 Å². The van der Waals surface area contributed by atoms with Crippen molar-refractivity contribution in [1.82, 2.24) is 19.7 Å². The summed E-state index contributed by atoms with van der Waals surface area (Å²) in [6.07, 6.45) is 2.31. The zero-order valence-electron chi connectivity index (χ0n) is 13.6. The molecule has 4 aromatic rings. The molecule has 0 saturated heterocycles. The summed E-state index contributed by atoms with van der Waals surface area (Å²) < 4.78 is 1.81. The number of benzene rings is 2. The van der Waals surface area contributed by atoms with E-state index >= 15 is 0 Å². The van der Waals surface area contributed by atoms with Crippen molar-refractivity contribution < 1.29 is 4.79 Å². The Labute approximate surface area is 158 Å². The van der Waals surface area contributed by atoms with E-state index in [4.69, 9.17) is 11.6 Å². The fourth-order valence-corrected chi connectivity index (χ4v) is 3.52. The van der Waals surface area contributed by atoms with Gasteiger partial charge in [-0.3, -0.25) is 10.1 Å². The first kappa shape index (κ1) is 16.7. The highest BCUT2D eigenvalue weighted by atomic mass is 35.5. The number of hydrogen-bond acceptors (Lipinski definition) is 5. The van der Waals surface area contributed by atoms with Crippen LogP contribution in [0.3, 0.4) is 0 Å². The number of fused-ring (bicyclic) bond motifs is 1. The van der Waals surface area contributed by atoms with Gasteiger partial charge in [0, 0.05) is 11.4 Å². The van der Waals surface area contributed by atoms with Gasteiger partial charge in [-0.25, -0.2) is 4.98 Å². The average molecular weight is 384 g/mol. The van der Waals surface area contributed by atoms with Gasteiger partial charge >= 0.3 is 0 Å². The number of amides is 1. The third kappa shape index (κ3) is 3.74. The van der Waals surface area contributed by atoms with Gasteiger partial charge < -0.3 is 4.57 Å². The Morgan fingerprint density at radius 2 is 1.92 bits per heavy atom. The van der Waals surface area contributed by atoms with E-state index in [2.05, 4.69) is 20.5 Å². The zero-order chi connectivity index (χ0) is 17.9. The molecule has 0 unspecified atom stereocenters. The molecule has 4 rings (SSSR count). The van der Waals surface area contributed by atoms with Gasteiger partial charge in [0.25, 0.3) is 0 Å². The fourth-order valence-electron chi connectivity index (χ4n) is 2.60. The van der Waals surface area contributed by atoms with Crippen LogP contribution in [0.4, 0.5) is 5.13 Å². The maximum atomic E-state index is 12.3. The van der Waals surface area contributed by atoms with Gasteiger partial charge in [0.2, 0.25) is 11.0 Å². The normalized spacial score (nSPS) is 11.0. The first-order valence-corrected chi connectivity index (χ1v) is 9.13. The molecule has 0 aliphatic carbocycles. The van der Waals surface area contributed by atoms with E-state index in [9.17, 15) is 4.79 Å². The molecular formula is C18H14ClN5OS. The molecule has 8 heteroatoms. The molecule has 0 atom stereocenters. The number of hydrogen-bond donors (Lipinski definition) is 1. The standard InChI is InChI=1S/C18H14ClN5OS/c19-13-7-5-12(6-8-13)9-17-22-23-18(26-17)21-16(25)10-24-11-20-14-3-1-2-4-15(14)24/h1-8,11H,9-10H2,(H,21,23,25). The molecule has 0 bridgehead atoms. The van der Waals surface area contributed by atoms with Crippen LogP contribution in [-0.4, -0.2) is 25.7 Å². The summed E-state index contributed by atoms with van der Waals surface area (Å²) in [7, 11) is 0. The molecule has 130 valence electrons. The van der Waals surface area contributed by atoms with Gasteiger partial charge in [0.15, 0.2) is 0 Å². The van der Waals surface area contributed by atoms with Crippen LogP contribution in [-0.2, 0) is 17.8 Å². The first-order valence-electron chi connectivity index (χ1n) is 7.94. The van der Waals surface area contributed by atoms with E-state index in [1.165, 1.54) is 11.3 Å². The molecule has 0 radical (unpaired) electrons. The van der Waals surface area contributed by atoms with Crippen LogP contribution in [0.1, 0.15) is 10.6 Å². The summed E-state index contributed by atoms with van der Waals surface area (Å²) in [5.74, 6) is -0.164. The molecule has 0 aliphatic rings. The van der Waals surface area contributed by atoms with E-state index in [0.717, 1.165) is 21.6 Å². The second-order valence-electron chi connectivity index (χ2n) is 5.71. The lowest BCUT2D eigenvalue weighted by molar-refractivity contribution is -0.116. The number of aromatic nitrogens is 4. The van der Waals surface area contributed by atoms with Crippen molar-refractivity contribution in [2.24, 2.45) is 0 Å². The predicted octanol–water partition coefficient (Wildman–Crippen LogP) is 3.77. The summed E-state index contributed by atoms with van der Waals surface area (Å²) >= 11 is 7.26. The summed E-state index contributed by atoms with van der Waals surface area (Å²) in [6, 6.07) is 15.3. The van der Waals surface area contributed by atoms with Crippen molar-refractivity contribution in [3.8, 4) is 0 Å². The second-order valence-corrected chi connectivity index (χ2v) is 7.21. The largest absolute Gasteiger partial charge is 0.321 e. The van der Waals surface area contributed by atoms with Gasteiger partial charge in [-0.1, -0.05) is 47.2 Å². The predicted molar refractivity (Wildman–Crippen MR) is 103 cm³/mol. The third-order valence-corrected chi connectivity index (χ3v) is 4.91. The molecule has 1 amide bonds. The average Bonchev–Trinajstić information content (AvgIpc) is 3.24. The molecule has 0 fully saturated rings. The van der Waals surface area contributed by atoms with E-state index in [0.29, 0.717) is 16.6 Å². The van der Waals surface area contributed by atoms with Crippen LogP contribution < -0.4 is 5.32 Å². The second kappa shape index (κ2) is 7.23. The fraction of sp³-hybridized carbons (Fsp3) is 0.111. The topological polar surface area (TPSA) is 72.7 Å². The van der Waals surface area contributed by atoms with Crippen molar-refractivity contribution in [1.29, 1.82) is 0 Å². The Balaban J connectivity index is 1.40. The van der Waals surface area contributed by atoms with Crippen molar-refractivity contribution in [2.45, 2.75) is 13.0 Å². The molecule has 0 aliphatic heterocycles. The number of nitrogens with one attached hydrogen (secondary N) is 1.